The first-order valence-electron chi connectivity index (χ1n) is 5.59. The van der Waals surface area contributed by atoms with Gasteiger partial charge in [-0.15, -0.1) is 0 Å². The molecular formula is C12H21N3O. The molecule has 1 aromatic rings. The van der Waals surface area contributed by atoms with Gasteiger partial charge >= 0.3 is 0 Å². The van der Waals surface area contributed by atoms with E-state index in [2.05, 4.69) is 29.3 Å². The Morgan fingerprint density at radius 1 is 1.38 bits per heavy atom. The van der Waals surface area contributed by atoms with E-state index in [-0.39, 0.29) is 0 Å². The van der Waals surface area contributed by atoms with Gasteiger partial charge < -0.3 is 15.0 Å². The van der Waals surface area contributed by atoms with Gasteiger partial charge in [-0.3, -0.25) is 0 Å². The quantitative estimate of drug-likeness (QED) is 0.703. The zero-order valence-electron chi connectivity index (χ0n) is 10.4. The normalized spacial score (nSPS) is 10.8. The molecule has 1 rings (SSSR count). The Labute approximate surface area is 97.6 Å². The molecule has 90 valence electrons. The van der Waals surface area contributed by atoms with Crippen molar-refractivity contribution in [1.29, 1.82) is 0 Å². The maximum absolute atomic E-state index is 5.53. The summed E-state index contributed by atoms with van der Waals surface area (Å²) in [6.07, 6.45) is 2.87. The van der Waals surface area contributed by atoms with Gasteiger partial charge in [-0.05, 0) is 33.1 Å². The van der Waals surface area contributed by atoms with E-state index < -0.39 is 0 Å². The molecule has 0 bridgehead atoms. The van der Waals surface area contributed by atoms with Gasteiger partial charge in [0.25, 0.3) is 0 Å². The van der Waals surface area contributed by atoms with Crippen molar-refractivity contribution < 1.29 is 4.74 Å². The van der Waals surface area contributed by atoms with Crippen LogP contribution in [0.2, 0.25) is 0 Å². The van der Waals surface area contributed by atoms with Crippen molar-refractivity contribution in [1.82, 2.24) is 15.2 Å². The average molecular weight is 223 g/mol. The molecule has 0 fully saturated rings. The number of hydrogen-bond acceptors (Lipinski definition) is 4. The van der Waals surface area contributed by atoms with Crippen LogP contribution in [0, 0.1) is 0 Å². The Bertz CT molecular complexity index is 285. The highest BCUT2D eigenvalue weighted by Gasteiger charge is 1.97. The van der Waals surface area contributed by atoms with E-state index in [0.717, 1.165) is 26.1 Å². The second-order valence-electron chi connectivity index (χ2n) is 4.04. The Balaban J connectivity index is 2.26. The van der Waals surface area contributed by atoms with Crippen LogP contribution in [-0.4, -0.2) is 44.2 Å². The zero-order chi connectivity index (χ0) is 11.8. The van der Waals surface area contributed by atoms with Gasteiger partial charge in [0.1, 0.15) is 0 Å². The lowest BCUT2D eigenvalue weighted by Crippen LogP contribution is -2.15. The Morgan fingerprint density at radius 3 is 2.75 bits per heavy atom. The number of rotatable bonds is 7. The standard InChI is InChI=1S/C12H21N3O/c1-13-9-11-5-6-12(14-10-11)16-8-4-7-15(2)3/h5-6,10,13H,4,7-9H2,1-3H3. The Morgan fingerprint density at radius 2 is 2.19 bits per heavy atom. The van der Waals surface area contributed by atoms with E-state index in [1.54, 1.807) is 0 Å². The van der Waals surface area contributed by atoms with Gasteiger partial charge in [0, 0.05) is 25.4 Å². The van der Waals surface area contributed by atoms with Crippen LogP contribution in [0.25, 0.3) is 0 Å². The first-order chi connectivity index (χ1) is 7.72. The van der Waals surface area contributed by atoms with Crippen molar-refractivity contribution in [2.24, 2.45) is 0 Å². The summed E-state index contributed by atoms with van der Waals surface area (Å²) >= 11 is 0. The van der Waals surface area contributed by atoms with Crippen molar-refractivity contribution in [3.05, 3.63) is 23.9 Å². The van der Waals surface area contributed by atoms with E-state index in [1.165, 1.54) is 5.56 Å². The predicted molar refractivity (Wildman–Crippen MR) is 65.7 cm³/mol. The summed E-state index contributed by atoms with van der Waals surface area (Å²) in [5, 5.41) is 3.08. The third kappa shape index (κ3) is 5.09. The second-order valence-corrected chi connectivity index (χ2v) is 4.04. The van der Waals surface area contributed by atoms with E-state index in [4.69, 9.17) is 4.74 Å². The fourth-order valence-corrected chi connectivity index (χ4v) is 1.36. The summed E-state index contributed by atoms with van der Waals surface area (Å²) in [7, 11) is 6.04. The first-order valence-corrected chi connectivity index (χ1v) is 5.59. The number of nitrogens with zero attached hydrogens (tertiary/aromatic N) is 2. The van der Waals surface area contributed by atoms with Crippen LogP contribution in [0.1, 0.15) is 12.0 Å². The molecule has 1 heterocycles. The van der Waals surface area contributed by atoms with Crippen LogP contribution in [0.4, 0.5) is 0 Å². The highest BCUT2D eigenvalue weighted by Crippen LogP contribution is 2.07. The van der Waals surface area contributed by atoms with Crippen molar-refractivity contribution in [2.75, 3.05) is 34.3 Å². The topological polar surface area (TPSA) is 37.4 Å². The highest BCUT2D eigenvalue weighted by molar-refractivity contribution is 5.17. The summed E-state index contributed by atoms with van der Waals surface area (Å²) in [6, 6.07) is 3.95. The molecule has 4 heteroatoms. The lowest BCUT2D eigenvalue weighted by molar-refractivity contribution is 0.273. The lowest BCUT2D eigenvalue weighted by Gasteiger charge is -2.10. The average Bonchev–Trinajstić information content (AvgIpc) is 2.27. The van der Waals surface area contributed by atoms with Crippen LogP contribution in [-0.2, 0) is 6.54 Å². The van der Waals surface area contributed by atoms with Crippen LogP contribution >= 0.6 is 0 Å². The Kier molecular flexibility index (Phi) is 5.82. The molecule has 0 amide bonds. The molecule has 1 aromatic heterocycles. The molecule has 0 aliphatic heterocycles. The largest absolute Gasteiger partial charge is 0.478 e. The van der Waals surface area contributed by atoms with Crippen LogP contribution < -0.4 is 10.1 Å². The minimum Gasteiger partial charge on any atom is -0.478 e. The number of aromatic nitrogens is 1. The van der Waals surface area contributed by atoms with Crippen LogP contribution in [0.3, 0.4) is 0 Å². The maximum atomic E-state index is 5.53. The van der Waals surface area contributed by atoms with Crippen LogP contribution in [0.15, 0.2) is 18.3 Å². The second kappa shape index (κ2) is 7.19. The molecule has 0 aromatic carbocycles. The molecule has 16 heavy (non-hydrogen) atoms. The van der Waals surface area contributed by atoms with E-state index in [1.807, 2.05) is 25.4 Å². The molecule has 0 spiro atoms. The third-order valence-corrected chi connectivity index (χ3v) is 2.18. The lowest BCUT2D eigenvalue weighted by atomic mass is 10.3. The molecule has 0 unspecified atom stereocenters. The summed E-state index contributed by atoms with van der Waals surface area (Å²) in [5.74, 6) is 0.707. The van der Waals surface area contributed by atoms with Gasteiger partial charge in [0.2, 0.25) is 5.88 Å². The predicted octanol–water partition coefficient (Wildman–Crippen LogP) is 1.13. The smallest absolute Gasteiger partial charge is 0.213 e. The van der Waals surface area contributed by atoms with Gasteiger partial charge in [-0.25, -0.2) is 4.98 Å². The monoisotopic (exact) mass is 223 g/mol. The molecule has 0 radical (unpaired) electrons. The van der Waals surface area contributed by atoms with Crippen LogP contribution in [0.5, 0.6) is 5.88 Å². The fraction of sp³-hybridized carbons (Fsp3) is 0.583. The van der Waals surface area contributed by atoms with E-state index >= 15 is 0 Å². The summed E-state index contributed by atoms with van der Waals surface area (Å²) in [4.78, 5) is 6.38. The van der Waals surface area contributed by atoms with Gasteiger partial charge in [0.05, 0.1) is 6.61 Å². The molecule has 0 saturated carbocycles. The van der Waals surface area contributed by atoms with Crippen molar-refractivity contribution >= 4 is 0 Å². The van der Waals surface area contributed by atoms with E-state index in [9.17, 15) is 0 Å². The summed E-state index contributed by atoms with van der Waals surface area (Å²) < 4.78 is 5.53. The molecule has 0 saturated heterocycles. The minimum absolute atomic E-state index is 0.707. The summed E-state index contributed by atoms with van der Waals surface area (Å²) in [5.41, 5.74) is 1.17. The van der Waals surface area contributed by atoms with Crippen molar-refractivity contribution in [3.63, 3.8) is 0 Å². The van der Waals surface area contributed by atoms with Gasteiger partial charge in [-0.1, -0.05) is 6.07 Å². The molecule has 0 atom stereocenters. The van der Waals surface area contributed by atoms with Crippen molar-refractivity contribution in [2.45, 2.75) is 13.0 Å². The molecule has 0 aliphatic rings. The minimum atomic E-state index is 0.707. The fourth-order valence-electron chi connectivity index (χ4n) is 1.36. The van der Waals surface area contributed by atoms with Gasteiger partial charge in [-0.2, -0.15) is 0 Å². The van der Waals surface area contributed by atoms with Gasteiger partial charge in [0.15, 0.2) is 0 Å². The molecule has 1 N–H and O–H groups in total. The number of ether oxygens (including phenoxy) is 1. The van der Waals surface area contributed by atoms with Crippen molar-refractivity contribution in [3.8, 4) is 5.88 Å². The maximum Gasteiger partial charge on any atom is 0.213 e. The third-order valence-electron chi connectivity index (χ3n) is 2.18. The first kappa shape index (κ1) is 12.9. The molecular weight excluding hydrogens is 202 g/mol. The number of hydrogen-bond donors (Lipinski definition) is 1. The van der Waals surface area contributed by atoms with E-state index in [0.29, 0.717) is 5.88 Å². The molecule has 4 nitrogen and oxygen atoms in total. The SMILES string of the molecule is CNCc1ccc(OCCCN(C)C)nc1. The zero-order valence-corrected chi connectivity index (χ0v) is 10.4. The number of pyridine rings is 1. The highest BCUT2D eigenvalue weighted by atomic mass is 16.5. The Hall–Kier alpha value is -1.13. The molecule has 0 aliphatic carbocycles. The summed E-state index contributed by atoms with van der Waals surface area (Å²) in [6.45, 7) is 2.60. The number of nitrogens with one attached hydrogen (secondary N) is 1.